The van der Waals surface area contributed by atoms with E-state index in [1.165, 1.54) is 6.42 Å². The van der Waals surface area contributed by atoms with Crippen molar-refractivity contribution in [2.24, 2.45) is 0 Å². The van der Waals surface area contributed by atoms with E-state index in [0.717, 1.165) is 62.0 Å². The number of Topliss-reactive ketones (excluding diaryl/α,β-unsaturated/α-hetero) is 1. The second kappa shape index (κ2) is 8.67. The molecule has 0 saturated carbocycles. The molecule has 1 amide bonds. The molecule has 0 bridgehead atoms. The molecule has 2 atom stereocenters. The van der Waals surface area contributed by atoms with Gasteiger partial charge in [-0.2, -0.15) is 0 Å². The standard InChI is InChI=1S/C23H32N4O2/c1-17-7-5-6-10-27(17)22(28)16-25-11-13-26(14-12-25)18(2)23(29)20-15-24-21-9-4-3-8-19(20)21/h3-4,8-9,15,17-18,24H,5-7,10-14,16H2,1-2H3. The highest BCUT2D eigenvalue weighted by Crippen LogP contribution is 2.21. The number of H-pyrrole nitrogens is 1. The van der Waals surface area contributed by atoms with Crippen LogP contribution in [0.2, 0.25) is 0 Å². The Morgan fingerprint density at radius 2 is 1.86 bits per heavy atom. The maximum atomic E-state index is 13.1. The Hall–Kier alpha value is -2.18. The predicted molar refractivity (Wildman–Crippen MR) is 115 cm³/mol. The first-order valence-corrected chi connectivity index (χ1v) is 10.9. The summed E-state index contributed by atoms with van der Waals surface area (Å²) in [5, 5.41) is 0.990. The molecule has 29 heavy (non-hydrogen) atoms. The Kier molecular flexibility index (Phi) is 6.01. The molecule has 156 valence electrons. The average molecular weight is 397 g/mol. The molecule has 1 N–H and O–H groups in total. The molecular formula is C23H32N4O2. The fourth-order valence-electron chi connectivity index (χ4n) is 4.73. The molecule has 1 aromatic heterocycles. The van der Waals surface area contributed by atoms with Crippen LogP contribution in [-0.2, 0) is 4.79 Å². The highest BCUT2D eigenvalue weighted by Gasteiger charge is 2.30. The number of amides is 1. The predicted octanol–water partition coefficient (Wildman–Crippen LogP) is 2.76. The second-order valence-electron chi connectivity index (χ2n) is 8.53. The monoisotopic (exact) mass is 396 g/mol. The number of para-hydroxylation sites is 1. The van der Waals surface area contributed by atoms with Crippen LogP contribution in [0.15, 0.2) is 30.5 Å². The van der Waals surface area contributed by atoms with E-state index in [0.29, 0.717) is 12.6 Å². The van der Waals surface area contributed by atoms with Gasteiger partial charge in [0.25, 0.3) is 0 Å². The Morgan fingerprint density at radius 3 is 2.62 bits per heavy atom. The normalized spacial score (nSPS) is 22.7. The van der Waals surface area contributed by atoms with Gasteiger partial charge in [0.2, 0.25) is 5.91 Å². The van der Waals surface area contributed by atoms with Gasteiger partial charge in [-0.15, -0.1) is 0 Å². The van der Waals surface area contributed by atoms with Crippen LogP contribution < -0.4 is 0 Å². The summed E-state index contributed by atoms with van der Waals surface area (Å²) < 4.78 is 0. The molecule has 0 aliphatic carbocycles. The smallest absolute Gasteiger partial charge is 0.236 e. The largest absolute Gasteiger partial charge is 0.360 e. The Labute approximate surface area is 172 Å². The zero-order valence-corrected chi connectivity index (χ0v) is 17.6. The van der Waals surface area contributed by atoms with Crippen molar-refractivity contribution in [3.63, 3.8) is 0 Å². The maximum absolute atomic E-state index is 13.1. The number of fused-ring (bicyclic) bond motifs is 1. The number of nitrogens with zero attached hydrogens (tertiary/aromatic N) is 3. The van der Waals surface area contributed by atoms with Gasteiger partial charge >= 0.3 is 0 Å². The van der Waals surface area contributed by atoms with Crippen molar-refractivity contribution < 1.29 is 9.59 Å². The number of carbonyl (C=O) groups excluding carboxylic acids is 2. The highest BCUT2D eigenvalue weighted by molar-refractivity contribution is 6.10. The third-order valence-corrected chi connectivity index (χ3v) is 6.67. The molecule has 2 aromatic rings. The van der Waals surface area contributed by atoms with E-state index in [1.807, 2.05) is 37.4 Å². The number of piperazine rings is 1. The van der Waals surface area contributed by atoms with Crippen LogP contribution in [-0.4, -0.2) is 82.7 Å². The van der Waals surface area contributed by atoms with Crippen molar-refractivity contribution in [3.05, 3.63) is 36.0 Å². The molecule has 4 rings (SSSR count). The van der Waals surface area contributed by atoms with Crippen molar-refractivity contribution in [1.29, 1.82) is 0 Å². The summed E-state index contributed by atoms with van der Waals surface area (Å²) in [6.45, 7) is 8.86. The van der Waals surface area contributed by atoms with Gasteiger partial charge in [0, 0.05) is 61.4 Å². The molecule has 2 saturated heterocycles. The first kappa shape index (κ1) is 20.1. The number of ketones is 1. The van der Waals surface area contributed by atoms with E-state index >= 15 is 0 Å². The first-order valence-electron chi connectivity index (χ1n) is 10.9. The van der Waals surface area contributed by atoms with Gasteiger partial charge in [-0.3, -0.25) is 19.4 Å². The molecule has 6 nitrogen and oxygen atoms in total. The van der Waals surface area contributed by atoms with E-state index in [-0.39, 0.29) is 17.7 Å². The lowest BCUT2D eigenvalue weighted by Gasteiger charge is -2.39. The molecule has 1 aromatic carbocycles. The van der Waals surface area contributed by atoms with E-state index in [4.69, 9.17) is 0 Å². The van der Waals surface area contributed by atoms with Crippen LogP contribution in [0.25, 0.3) is 10.9 Å². The molecule has 6 heteroatoms. The van der Waals surface area contributed by atoms with Crippen molar-refractivity contribution in [3.8, 4) is 0 Å². The quantitative estimate of drug-likeness (QED) is 0.790. The lowest BCUT2D eigenvalue weighted by atomic mass is 10.0. The fourth-order valence-corrected chi connectivity index (χ4v) is 4.73. The third kappa shape index (κ3) is 4.23. The van der Waals surface area contributed by atoms with Gasteiger partial charge in [0.1, 0.15) is 0 Å². The van der Waals surface area contributed by atoms with Crippen LogP contribution in [0.5, 0.6) is 0 Å². The fraction of sp³-hybridized carbons (Fsp3) is 0.565. The minimum absolute atomic E-state index is 0.158. The van der Waals surface area contributed by atoms with Gasteiger partial charge in [-0.25, -0.2) is 0 Å². The summed E-state index contributed by atoms with van der Waals surface area (Å²) >= 11 is 0. The van der Waals surface area contributed by atoms with E-state index in [2.05, 4.69) is 26.6 Å². The van der Waals surface area contributed by atoms with Crippen molar-refractivity contribution in [1.82, 2.24) is 19.7 Å². The van der Waals surface area contributed by atoms with Gasteiger partial charge < -0.3 is 9.88 Å². The summed E-state index contributed by atoms with van der Waals surface area (Å²) in [4.78, 5) is 35.5. The maximum Gasteiger partial charge on any atom is 0.236 e. The number of aromatic amines is 1. The number of piperidine rings is 1. The molecule has 2 aliphatic rings. The Balaban J connectivity index is 1.32. The Morgan fingerprint density at radius 1 is 1.10 bits per heavy atom. The molecule has 2 fully saturated rings. The topological polar surface area (TPSA) is 59.7 Å². The molecule has 3 heterocycles. The van der Waals surface area contributed by atoms with Crippen LogP contribution in [0.4, 0.5) is 0 Å². The summed E-state index contributed by atoms with van der Waals surface area (Å²) in [5.74, 6) is 0.419. The average Bonchev–Trinajstić information content (AvgIpc) is 3.17. The highest BCUT2D eigenvalue weighted by atomic mass is 16.2. The number of hydrogen-bond donors (Lipinski definition) is 1. The summed E-state index contributed by atoms with van der Waals surface area (Å²) in [6.07, 6.45) is 5.30. The number of nitrogens with one attached hydrogen (secondary N) is 1. The number of rotatable bonds is 5. The van der Waals surface area contributed by atoms with Gasteiger partial charge in [0.15, 0.2) is 5.78 Å². The number of carbonyl (C=O) groups is 2. The zero-order valence-electron chi connectivity index (χ0n) is 17.6. The lowest BCUT2D eigenvalue weighted by Crippen LogP contribution is -2.54. The molecule has 2 aliphatic heterocycles. The number of benzene rings is 1. The molecule has 0 spiro atoms. The van der Waals surface area contributed by atoms with Crippen molar-refractivity contribution in [2.45, 2.75) is 45.2 Å². The van der Waals surface area contributed by atoms with Crippen LogP contribution in [0.3, 0.4) is 0 Å². The van der Waals surface area contributed by atoms with Crippen LogP contribution >= 0.6 is 0 Å². The molecule has 0 radical (unpaired) electrons. The van der Waals surface area contributed by atoms with Gasteiger partial charge in [0.05, 0.1) is 12.6 Å². The number of hydrogen-bond acceptors (Lipinski definition) is 4. The zero-order chi connectivity index (χ0) is 20.4. The summed E-state index contributed by atoms with van der Waals surface area (Å²) in [7, 11) is 0. The van der Waals surface area contributed by atoms with Gasteiger partial charge in [-0.05, 0) is 39.2 Å². The Bertz CT molecular complexity index is 869. The first-order chi connectivity index (χ1) is 14.0. The molecule has 2 unspecified atom stereocenters. The number of likely N-dealkylation sites (tertiary alicyclic amines) is 1. The number of aromatic nitrogens is 1. The van der Waals surface area contributed by atoms with Gasteiger partial charge in [-0.1, -0.05) is 18.2 Å². The van der Waals surface area contributed by atoms with Crippen LogP contribution in [0, 0.1) is 0 Å². The minimum atomic E-state index is -0.158. The van der Waals surface area contributed by atoms with Crippen LogP contribution in [0.1, 0.15) is 43.5 Å². The lowest BCUT2D eigenvalue weighted by molar-refractivity contribution is -0.136. The minimum Gasteiger partial charge on any atom is -0.360 e. The SMILES string of the molecule is CC(C(=O)c1c[nH]c2ccccc12)N1CCN(CC(=O)N2CCCCC2C)CC1. The van der Waals surface area contributed by atoms with E-state index in [1.54, 1.807) is 0 Å². The van der Waals surface area contributed by atoms with E-state index < -0.39 is 0 Å². The van der Waals surface area contributed by atoms with E-state index in [9.17, 15) is 9.59 Å². The van der Waals surface area contributed by atoms with Crippen molar-refractivity contribution >= 4 is 22.6 Å². The third-order valence-electron chi connectivity index (χ3n) is 6.67. The summed E-state index contributed by atoms with van der Waals surface area (Å²) in [6, 6.07) is 8.14. The summed E-state index contributed by atoms with van der Waals surface area (Å²) in [5.41, 5.74) is 1.77. The second-order valence-corrected chi connectivity index (χ2v) is 8.53. The van der Waals surface area contributed by atoms with Crippen molar-refractivity contribution in [2.75, 3.05) is 39.3 Å². The molecular weight excluding hydrogens is 364 g/mol.